The molecular weight excluding hydrogens is 383 g/mol. The van der Waals surface area contributed by atoms with Crippen LogP contribution in [-0.4, -0.2) is 13.1 Å². The molecular formula is C25H28ClFN2+2. The molecule has 2 nitrogen and oxygen atoms in total. The SMILES string of the molecule is Cc1ccc(C[NH+]2CCC[NH+](Cc3ccc(F)cc3)C2c2ccccc2Cl)cc1. The smallest absolute Gasteiger partial charge is 0.242 e. The van der Waals surface area contributed by atoms with Gasteiger partial charge in [-0.3, -0.25) is 9.80 Å². The molecule has 0 amide bonds. The van der Waals surface area contributed by atoms with Gasteiger partial charge >= 0.3 is 0 Å². The molecule has 0 aromatic heterocycles. The van der Waals surface area contributed by atoms with Crippen molar-refractivity contribution in [3.8, 4) is 0 Å². The minimum atomic E-state index is -0.184. The van der Waals surface area contributed by atoms with Crippen LogP contribution in [0.25, 0.3) is 0 Å². The zero-order chi connectivity index (χ0) is 20.2. The standard InChI is InChI=1S/C25H26ClFN2/c1-19-7-9-20(10-8-19)17-28-15-4-16-29(18-21-11-13-22(27)14-12-21)25(28)23-5-2-3-6-24(23)26/h2-3,5-14,25H,4,15-18H2,1H3/p+2. The predicted molar refractivity (Wildman–Crippen MR) is 115 cm³/mol. The Morgan fingerprint density at radius 1 is 0.828 bits per heavy atom. The summed E-state index contributed by atoms with van der Waals surface area (Å²) in [5.41, 5.74) is 5.00. The topological polar surface area (TPSA) is 8.88 Å². The van der Waals surface area contributed by atoms with Gasteiger partial charge in [-0.05, 0) is 31.2 Å². The number of halogens is 2. The Labute approximate surface area is 177 Å². The average molecular weight is 411 g/mol. The Kier molecular flexibility index (Phi) is 6.29. The van der Waals surface area contributed by atoms with Crippen molar-refractivity contribution in [2.75, 3.05) is 13.1 Å². The molecule has 4 rings (SSSR count). The summed E-state index contributed by atoms with van der Waals surface area (Å²) < 4.78 is 13.4. The first-order chi connectivity index (χ1) is 14.1. The summed E-state index contributed by atoms with van der Waals surface area (Å²) in [6.07, 6.45) is 1.42. The molecule has 2 N–H and O–H groups in total. The summed E-state index contributed by atoms with van der Waals surface area (Å²) in [6, 6.07) is 24.0. The van der Waals surface area contributed by atoms with Crippen LogP contribution in [0.4, 0.5) is 4.39 Å². The highest BCUT2D eigenvalue weighted by molar-refractivity contribution is 6.31. The molecule has 1 aliphatic rings. The number of quaternary nitrogens is 2. The summed E-state index contributed by atoms with van der Waals surface area (Å²) in [6.45, 7) is 6.18. The Hall–Kier alpha value is -2.20. The highest BCUT2D eigenvalue weighted by Crippen LogP contribution is 2.19. The van der Waals surface area contributed by atoms with Gasteiger partial charge in [-0.15, -0.1) is 0 Å². The highest BCUT2D eigenvalue weighted by Gasteiger charge is 2.38. The third-order valence-electron chi connectivity index (χ3n) is 5.92. The van der Waals surface area contributed by atoms with Gasteiger partial charge in [0.25, 0.3) is 0 Å². The van der Waals surface area contributed by atoms with Crippen LogP contribution in [-0.2, 0) is 13.1 Å². The van der Waals surface area contributed by atoms with Gasteiger partial charge in [0, 0.05) is 17.5 Å². The monoisotopic (exact) mass is 410 g/mol. The minimum absolute atomic E-state index is 0.184. The third-order valence-corrected chi connectivity index (χ3v) is 6.27. The first kappa shape index (κ1) is 20.1. The Morgan fingerprint density at radius 3 is 1.97 bits per heavy atom. The Morgan fingerprint density at radius 2 is 1.38 bits per heavy atom. The molecule has 29 heavy (non-hydrogen) atoms. The third kappa shape index (κ3) is 4.87. The summed E-state index contributed by atoms with van der Waals surface area (Å²) in [5.74, 6) is -0.184. The highest BCUT2D eigenvalue weighted by atomic mass is 35.5. The van der Waals surface area contributed by atoms with E-state index in [1.165, 1.54) is 32.9 Å². The fourth-order valence-electron chi connectivity index (χ4n) is 4.48. The van der Waals surface area contributed by atoms with Gasteiger partial charge in [0.15, 0.2) is 0 Å². The number of nitrogens with one attached hydrogen (secondary N) is 2. The molecule has 1 saturated heterocycles. The maximum Gasteiger partial charge on any atom is 0.242 e. The maximum absolute atomic E-state index is 13.4. The number of benzene rings is 3. The first-order valence-electron chi connectivity index (χ1n) is 10.3. The molecule has 3 aromatic rings. The van der Waals surface area contributed by atoms with Crippen LogP contribution in [0.2, 0.25) is 5.02 Å². The molecule has 1 aliphatic heterocycles. The average Bonchev–Trinajstić information content (AvgIpc) is 2.72. The number of hydrogen-bond acceptors (Lipinski definition) is 0. The molecule has 1 fully saturated rings. The molecule has 3 aromatic carbocycles. The second-order valence-corrected chi connectivity index (χ2v) is 8.50. The fourth-order valence-corrected chi connectivity index (χ4v) is 4.73. The zero-order valence-corrected chi connectivity index (χ0v) is 17.6. The van der Waals surface area contributed by atoms with Crippen molar-refractivity contribution < 1.29 is 14.2 Å². The van der Waals surface area contributed by atoms with Crippen molar-refractivity contribution in [2.45, 2.75) is 32.6 Å². The van der Waals surface area contributed by atoms with E-state index in [9.17, 15) is 4.39 Å². The lowest BCUT2D eigenvalue weighted by molar-refractivity contribution is -1.16. The maximum atomic E-state index is 13.4. The Bertz CT molecular complexity index is 884. The van der Waals surface area contributed by atoms with E-state index >= 15 is 0 Å². The van der Waals surface area contributed by atoms with Crippen LogP contribution < -0.4 is 9.80 Å². The molecule has 0 aliphatic carbocycles. The number of hydrogen-bond donors (Lipinski definition) is 2. The van der Waals surface area contributed by atoms with Crippen molar-refractivity contribution in [1.82, 2.24) is 0 Å². The van der Waals surface area contributed by atoms with Crippen molar-refractivity contribution in [2.24, 2.45) is 0 Å². The molecule has 0 bridgehead atoms. The van der Waals surface area contributed by atoms with Crippen molar-refractivity contribution in [3.63, 3.8) is 0 Å². The number of rotatable bonds is 5. The molecule has 150 valence electrons. The van der Waals surface area contributed by atoms with Gasteiger partial charge in [0.1, 0.15) is 18.9 Å². The van der Waals surface area contributed by atoms with E-state index in [1.54, 1.807) is 12.1 Å². The van der Waals surface area contributed by atoms with Crippen LogP contribution >= 0.6 is 11.6 Å². The van der Waals surface area contributed by atoms with Crippen LogP contribution in [0.1, 0.15) is 34.8 Å². The van der Waals surface area contributed by atoms with Crippen molar-refractivity contribution in [1.29, 1.82) is 0 Å². The normalized spacial score (nSPS) is 21.8. The quantitative estimate of drug-likeness (QED) is 0.638. The van der Waals surface area contributed by atoms with Gasteiger partial charge in [-0.1, -0.05) is 65.7 Å². The molecule has 0 radical (unpaired) electrons. The summed E-state index contributed by atoms with van der Waals surface area (Å²) in [7, 11) is 0. The summed E-state index contributed by atoms with van der Waals surface area (Å²) in [5, 5.41) is 0.831. The first-order valence-corrected chi connectivity index (χ1v) is 10.7. The van der Waals surface area contributed by atoms with Crippen LogP contribution in [0, 0.1) is 12.7 Å². The summed E-state index contributed by atoms with van der Waals surface area (Å²) >= 11 is 6.66. The van der Waals surface area contributed by atoms with Crippen LogP contribution in [0.15, 0.2) is 72.8 Å². The van der Waals surface area contributed by atoms with Crippen molar-refractivity contribution >= 4 is 11.6 Å². The van der Waals surface area contributed by atoms with E-state index in [2.05, 4.69) is 43.3 Å². The molecule has 0 saturated carbocycles. The largest absolute Gasteiger partial charge is 0.278 e. The lowest BCUT2D eigenvalue weighted by Gasteiger charge is -2.38. The van der Waals surface area contributed by atoms with Crippen LogP contribution in [0.3, 0.4) is 0 Å². The van der Waals surface area contributed by atoms with Gasteiger partial charge in [-0.2, -0.15) is 0 Å². The second kappa shape index (κ2) is 9.08. The van der Waals surface area contributed by atoms with Gasteiger partial charge in [0.05, 0.1) is 23.7 Å². The summed E-state index contributed by atoms with van der Waals surface area (Å²) in [4.78, 5) is 3.02. The molecule has 4 heteroatoms. The lowest BCUT2D eigenvalue weighted by Crippen LogP contribution is -3.32. The molecule has 1 heterocycles. The van der Waals surface area contributed by atoms with E-state index < -0.39 is 0 Å². The van der Waals surface area contributed by atoms with Gasteiger partial charge < -0.3 is 0 Å². The Balaban J connectivity index is 1.64. The molecule has 0 spiro atoms. The minimum Gasteiger partial charge on any atom is -0.278 e. The zero-order valence-electron chi connectivity index (χ0n) is 16.8. The van der Waals surface area contributed by atoms with E-state index in [0.717, 1.165) is 36.8 Å². The van der Waals surface area contributed by atoms with E-state index in [1.807, 2.05) is 24.3 Å². The lowest BCUT2D eigenvalue weighted by atomic mass is 10.0. The van der Waals surface area contributed by atoms with Gasteiger partial charge in [0.2, 0.25) is 6.17 Å². The van der Waals surface area contributed by atoms with Crippen molar-refractivity contribution in [3.05, 3.63) is 106 Å². The molecule has 3 atom stereocenters. The van der Waals surface area contributed by atoms with E-state index in [0.29, 0.717) is 0 Å². The predicted octanol–water partition coefficient (Wildman–Crippen LogP) is 3.36. The number of aryl methyl sites for hydroxylation is 1. The second-order valence-electron chi connectivity index (χ2n) is 8.09. The van der Waals surface area contributed by atoms with Crippen LogP contribution in [0.5, 0.6) is 0 Å². The van der Waals surface area contributed by atoms with Gasteiger partial charge in [-0.25, -0.2) is 4.39 Å². The fraction of sp³-hybridized carbons (Fsp3) is 0.280. The van der Waals surface area contributed by atoms with E-state index in [4.69, 9.17) is 11.6 Å². The van der Waals surface area contributed by atoms with E-state index in [-0.39, 0.29) is 12.0 Å². The molecule has 3 unspecified atom stereocenters.